The zero-order valence-electron chi connectivity index (χ0n) is 10.8. The van der Waals surface area contributed by atoms with Gasteiger partial charge in [-0.25, -0.2) is 8.42 Å². The molecular weight excluding hydrogens is 256 g/mol. The minimum atomic E-state index is -2.86. The van der Waals surface area contributed by atoms with Crippen LogP contribution in [0.2, 0.25) is 0 Å². The SMILES string of the molecule is CCCNC(CCN1CCS(=O)(=O)CC1)C(=O)O. The lowest BCUT2D eigenvalue weighted by Gasteiger charge is -2.27. The van der Waals surface area contributed by atoms with E-state index >= 15 is 0 Å². The fraction of sp³-hybridized carbons (Fsp3) is 0.909. The number of rotatable bonds is 7. The third-order valence-corrected chi connectivity index (χ3v) is 4.72. The Hall–Kier alpha value is -0.660. The molecule has 0 aliphatic carbocycles. The quantitative estimate of drug-likeness (QED) is 0.656. The molecule has 1 unspecified atom stereocenters. The summed E-state index contributed by atoms with van der Waals surface area (Å²) in [4.78, 5) is 13.0. The van der Waals surface area contributed by atoms with Gasteiger partial charge in [-0.2, -0.15) is 0 Å². The lowest BCUT2D eigenvalue weighted by atomic mass is 10.2. The van der Waals surface area contributed by atoms with E-state index in [1.165, 1.54) is 0 Å². The van der Waals surface area contributed by atoms with E-state index in [0.29, 0.717) is 32.6 Å². The van der Waals surface area contributed by atoms with Gasteiger partial charge in [-0.05, 0) is 19.4 Å². The molecule has 18 heavy (non-hydrogen) atoms. The number of hydrogen-bond acceptors (Lipinski definition) is 5. The van der Waals surface area contributed by atoms with Gasteiger partial charge in [0, 0.05) is 19.6 Å². The van der Waals surface area contributed by atoms with E-state index in [0.717, 1.165) is 6.42 Å². The Bertz CT molecular complexity index is 355. The van der Waals surface area contributed by atoms with Crippen molar-refractivity contribution in [1.29, 1.82) is 0 Å². The first-order valence-electron chi connectivity index (χ1n) is 6.33. The standard InChI is InChI=1S/C11H22N2O4S/c1-2-4-12-10(11(14)15)3-5-13-6-8-18(16,17)9-7-13/h10,12H,2-9H2,1H3,(H,14,15). The summed E-state index contributed by atoms with van der Waals surface area (Å²) in [6.45, 7) is 4.33. The lowest BCUT2D eigenvalue weighted by Crippen LogP contribution is -2.44. The number of carbonyl (C=O) groups is 1. The minimum absolute atomic E-state index is 0.188. The van der Waals surface area contributed by atoms with Crippen molar-refractivity contribution in [3.63, 3.8) is 0 Å². The molecule has 1 aliphatic rings. The van der Waals surface area contributed by atoms with E-state index in [-0.39, 0.29) is 11.5 Å². The fourth-order valence-corrected chi connectivity index (χ4v) is 3.19. The highest BCUT2D eigenvalue weighted by Crippen LogP contribution is 2.05. The van der Waals surface area contributed by atoms with Crippen LogP contribution in [-0.2, 0) is 14.6 Å². The van der Waals surface area contributed by atoms with Crippen LogP contribution < -0.4 is 5.32 Å². The van der Waals surface area contributed by atoms with Gasteiger partial charge in [0.1, 0.15) is 6.04 Å². The molecule has 2 N–H and O–H groups in total. The van der Waals surface area contributed by atoms with Gasteiger partial charge in [-0.15, -0.1) is 0 Å². The number of nitrogens with one attached hydrogen (secondary N) is 1. The number of nitrogens with zero attached hydrogens (tertiary/aromatic N) is 1. The Kier molecular flexibility index (Phi) is 6.04. The Morgan fingerprint density at radius 3 is 2.50 bits per heavy atom. The molecule has 0 aromatic carbocycles. The van der Waals surface area contributed by atoms with Crippen LogP contribution in [-0.4, -0.2) is 68.1 Å². The average molecular weight is 278 g/mol. The first-order chi connectivity index (χ1) is 8.44. The highest BCUT2D eigenvalue weighted by molar-refractivity contribution is 7.91. The Morgan fingerprint density at radius 1 is 1.39 bits per heavy atom. The van der Waals surface area contributed by atoms with Gasteiger partial charge >= 0.3 is 5.97 Å². The van der Waals surface area contributed by atoms with Gasteiger partial charge < -0.3 is 15.3 Å². The van der Waals surface area contributed by atoms with Crippen molar-refractivity contribution in [2.24, 2.45) is 0 Å². The van der Waals surface area contributed by atoms with Crippen LogP contribution in [0.1, 0.15) is 19.8 Å². The van der Waals surface area contributed by atoms with Gasteiger partial charge in [0.15, 0.2) is 9.84 Å². The molecule has 0 radical (unpaired) electrons. The summed E-state index contributed by atoms with van der Waals surface area (Å²) in [5.41, 5.74) is 0. The van der Waals surface area contributed by atoms with E-state index < -0.39 is 21.8 Å². The van der Waals surface area contributed by atoms with Crippen LogP contribution in [0.25, 0.3) is 0 Å². The van der Waals surface area contributed by atoms with E-state index in [4.69, 9.17) is 5.11 Å². The third-order valence-electron chi connectivity index (χ3n) is 3.11. The normalized spacial score (nSPS) is 21.6. The fourth-order valence-electron chi connectivity index (χ4n) is 1.92. The van der Waals surface area contributed by atoms with Crippen molar-refractivity contribution >= 4 is 15.8 Å². The van der Waals surface area contributed by atoms with Crippen molar-refractivity contribution in [1.82, 2.24) is 10.2 Å². The van der Waals surface area contributed by atoms with Crippen molar-refractivity contribution in [3.05, 3.63) is 0 Å². The van der Waals surface area contributed by atoms with Crippen molar-refractivity contribution in [2.45, 2.75) is 25.8 Å². The predicted octanol–water partition coefficient (Wildman–Crippen LogP) is -0.440. The zero-order valence-corrected chi connectivity index (χ0v) is 11.6. The molecule has 1 aliphatic heterocycles. The first kappa shape index (κ1) is 15.4. The molecule has 6 nitrogen and oxygen atoms in total. The van der Waals surface area contributed by atoms with E-state index in [1.54, 1.807) is 0 Å². The molecule has 106 valence electrons. The molecule has 0 aromatic heterocycles. The van der Waals surface area contributed by atoms with Crippen LogP contribution in [0.15, 0.2) is 0 Å². The molecule has 0 aromatic rings. The van der Waals surface area contributed by atoms with Crippen molar-refractivity contribution < 1.29 is 18.3 Å². The summed E-state index contributed by atoms with van der Waals surface area (Å²) in [6, 6.07) is -0.538. The first-order valence-corrected chi connectivity index (χ1v) is 8.15. The van der Waals surface area contributed by atoms with Gasteiger partial charge in [0.05, 0.1) is 11.5 Å². The van der Waals surface area contributed by atoms with Gasteiger partial charge in [-0.3, -0.25) is 4.79 Å². The van der Waals surface area contributed by atoms with Crippen LogP contribution in [0.5, 0.6) is 0 Å². The van der Waals surface area contributed by atoms with Crippen molar-refractivity contribution in [2.75, 3.05) is 37.7 Å². The summed E-state index contributed by atoms with van der Waals surface area (Å²) < 4.78 is 22.5. The predicted molar refractivity (Wildman–Crippen MR) is 69.4 cm³/mol. The average Bonchev–Trinajstić information content (AvgIpc) is 2.30. The molecule has 7 heteroatoms. The van der Waals surface area contributed by atoms with E-state index in [9.17, 15) is 13.2 Å². The topological polar surface area (TPSA) is 86.7 Å². The largest absolute Gasteiger partial charge is 0.480 e. The summed E-state index contributed by atoms with van der Waals surface area (Å²) in [7, 11) is -2.86. The molecule has 0 saturated carbocycles. The van der Waals surface area contributed by atoms with E-state index in [1.807, 2.05) is 11.8 Å². The maximum atomic E-state index is 11.3. The molecule has 1 heterocycles. The number of aliphatic carboxylic acids is 1. The Labute approximate surface area is 108 Å². The summed E-state index contributed by atoms with van der Waals surface area (Å²) in [6.07, 6.45) is 1.40. The molecule has 1 rings (SSSR count). The maximum Gasteiger partial charge on any atom is 0.320 e. The second-order valence-electron chi connectivity index (χ2n) is 4.63. The minimum Gasteiger partial charge on any atom is -0.480 e. The molecule has 0 spiro atoms. The van der Waals surface area contributed by atoms with Crippen molar-refractivity contribution in [3.8, 4) is 0 Å². The summed E-state index contributed by atoms with van der Waals surface area (Å²) in [5, 5.41) is 12.0. The van der Waals surface area contributed by atoms with Gasteiger partial charge in [-0.1, -0.05) is 6.92 Å². The second kappa shape index (κ2) is 7.06. The summed E-state index contributed by atoms with van der Waals surface area (Å²) >= 11 is 0. The Morgan fingerprint density at radius 2 is 2.00 bits per heavy atom. The molecule has 0 bridgehead atoms. The van der Waals surface area contributed by atoms with E-state index in [2.05, 4.69) is 5.32 Å². The maximum absolute atomic E-state index is 11.3. The van der Waals surface area contributed by atoms with Gasteiger partial charge in [0.25, 0.3) is 0 Å². The van der Waals surface area contributed by atoms with Crippen LogP contribution in [0.3, 0.4) is 0 Å². The molecule has 1 fully saturated rings. The molecule has 1 saturated heterocycles. The number of carboxylic acid groups (broad SMARTS) is 1. The molecule has 1 atom stereocenters. The monoisotopic (exact) mass is 278 g/mol. The third kappa shape index (κ3) is 5.32. The number of sulfone groups is 1. The number of carboxylic acids is 1. The van der Waals surface area contributed by atoms with Crippen LogP contribution in [0.4, 0.5) is 0 Å². The molecule has 0 amide bonds. The second-order valence-corrected chi connectivity index (χ2v) is 6.93. The molecular formula is C11H22N2O4S. The van der Waals surface area contributed by atoms with Gasteiger partial charge in [0.2, 0.25) is 0 Å². The number of hydrogen-bond donors (Lipinski definition) is 2. The highest BCUT2D eigenvalue weighted by atomic mass is 32.2. The highest BCUT2D eigenvalue weighted by Gasteiger charge is 2.23. The van der Waals surface area contributed by atoms with Crippen LogP contribution in [0, 0.1) is 0 Å². The smallest absolute Gasteiger partial charge is 0.320 e. The lowest BCUT2D eigenvalue weighted by molar-refractivity contribution is -0.139. The Balaban J connectivity index is 2.32. The summed E-state index contributed by atoms with van der Waals surface area (Å²) in [5.74, 6) is -0.464. The van der Waals surface area contributed by atoms with Crippen LogP contribution >= 0.6 is 0 Å². The zero-order chi connectivity index (χ0) is 13.6.